The minimum absolute atomic E-state index is 0.0339. The molecule has 0 aliphatic heterocycles. The smallest absolute Gasteiger partial charge is 0.286 e. The normalized spacial score (nSPS) is 17.1. The molecule has 116 valence electrons. The van der Waals surface area contributed by atoms with Crippen LogP contribution in [0.2, 0.25) is 0 Å². The zero-order valence-corrected chi connectivity index (χ0v) is 12.9. The first kappa shape index (κ1) is 15.8. The summed E-state index contributed by atoms with van der Waals surface area (Å²) in [6.07, 6.45) is 6.44. The highest BCUT2D eigenvalue weighted by atomic mass is 16.7. The molecule has 21 heavy (non-hydrogen) atoms. The van der Waals surface area contributed by atoms with E-state index >= 15 is 0 Å². The van der Waals surface area contributed by atoms with Crippen LogP contribution in [0.4, 0.5) is 0 Å². The summed E-state index contributed by atoms with van der Waals surface area (Å²) in [5, 5.41) is 11.5. The standard InChI is InChI=1S/C17H25NO3/c1-17(2,20)16(19)18(14-10-6-3-4-7-11-14)21-15-12-8-5-9-13-15/h5,8-9,12-14,20H,3-4,6-7,10-11H2,1-2H3. The summed E-state index contributed by atoms with van der Waals surface area (Å²) >= 11 is 0. The maximum absolute atomic E-state index is 12.5. The molecule has 0 saturated heterocycles. The number of nitrogens with zero attached hydrogens (tertiary/aromatic N) is 1. The third kappa shape index (κ3) is 4.46. The molecule has 1 saturated carbocycles. The van der Waals surface area contributed by atoms with Crippen molar-refractivity contribution >= 4 is 5.91 Å². The molecule has 0 unspecified atom stereocenters. The lowest BCUT2D eigenvalue weighted by Crippen LogP contribution is -2.51. The SMILES string of the molecule is CC(C)(O)C(=O)N(Oc1ccccc1)C1CCCCCC1. The Balaban J connectivity index is 2.19. The van der Waals surface area contributed by atoms with Gasteiger partial charge in [0.25, 0.3) is 5.91 Å². The molecule has 0 atom stereocenters. The topological polar surface area (TPSA) is 49.8 Å². The Kier molecular flexibility index (Phi) is 5.23. The Labute approximate surface area is 126 Å². The zero-order chi connectivity index (χ0) is 15.3. The molecule has 0 radical (unpaired) electrons. The fourth-order valence-electron chi connectivity index (χ4n) is 2.64. The molecule has 0 spiro atoms. The molecule has 4 nitrogen and oxygen atoms in total. The quantitative estimate of drug-likeness (QED) is 0.684. The van der Waals surface area contributed by atoms with Crippen LogP contribution in [0.1, 0.15) is 52.4 Å². The Hall–Kier alpha value is -1.55. The molecule has 1 aliphatic carbocycles. The largest absolute Gasteiger partial charge is 0.380 e. The van der Waals surface area contributed by atoms with E-state index in [0.717, 1.165) is 25.7 Å². The van der Waals surface area contributed by atoms with E-state index < -0.39 is 5.60 Å². The van der Waals surface area contributed by atoms with Gasteiger partial charge in [0.2, 0.25) is 0 Å². The van der Waals surface area contributed by atoms with Gasteiger partial charge >= 0.3 is 0 Å². The van der Waals surface area contributed by atoms with E-state index in [2.05, 4.69) is 0 Å². The van der Waals surface area contributed by atoms with Gasteiger partial charge in [-0.2, -0.15) is 5.06 Å². The van der Waals surface area contributed by atoms with E-state index in [1.165, 1.54) is 31.8 Å². The van der Waals surface area contributed by atoms with E-state index in [0.29, 0.717) is 5.75 Å². The summed E-state index contributed by atoms with van der Waals surface area (Å²) in [6, 6.07) is 9.32. The van der Waals surface area contributed by atoms with Crippen LogP contribution in [-0.4, -0.2) is 27.7 Å². The molecule has 2 rings (SSSR count). The lowest BCUT2D eigenvalue weighted by molar-refractivity contribution is -0.184. The summed E-state index contributed by atoms with van der Waals surface area (Å²) < 4.78 is 0. The number of amides is 1. The van der Waals surface area contributed by atoms with Gasteiger partial charge in [-0.3, -0.25) is 4.79 Å². The van der Waals surface area contributed by atoms with Crippen LogP contribution in [0.3, 0.4) is 0 Å². The van der Waals surface area contributed by atoms with Crippen LogP contribution in [0.25, 0.3) is 0 Å². The van der Waals surface area contributed by atoms with Gasteiger partial charge in [-0.05, 0) is 38.8 Å². The number of carbonyl (C=O) groups excluding carboxylic acids is 1. The Morgan fingerprint density at radius 2 is 1.71 bits per heavy atom. The summed E-state index contributed by atoms with van der Waals surface area (Å²) in [7, 11) is 0. The van der Waals surface area contributed by atoms with Crippen LogP contribution in [-0.2, 0) is 4.79 Å². The first-order valence-electron chi connectivity index (χ1n) is 7.77. The Morgan fingerprint density at radius 3 is 2.24 bits per heavy atom. The summed E-state index contributed by atoms with van der Waals surface area (Å²) in [4.78, 5) is 18.4. The minimum atomic E-state index is -1.43. The van der Waals surface area contributed by atoms with Gasteiger partial charge in [-0.1, -0.05) is 43.9 Å². The minimum Gasteiger partial charge on any atom is -0.380 e. The van der Waals surface area contributed by atoms with Gasteiger partial charge < -0.3 is 9.94 Å². The van der Waals surface area contributed by atoms with E-state index in [9.17, 15) is 9.90 Å². The Bertz CT molecular complexity index is 445. The summed E-state index contributed by atoms with van der Waals surface area (Å²) in [5.41, 5.74) is -1.43. The van der Waals surface area contributed by atoms with Crippen molar-refractivity contribution in [2.24, 2.45) is 0 Å². The van der Waals surface area contributed by atoms with E-state index in [1.807, 2.05) is 30.3 Å². The van der Waals surface area contributed by atoms with Crippen molar-refractivity contribution < 1.29 is 14.7 Å². The van der Waals surface area contributed by atoms with Crippen LogP contribution < -0.4 is 4.84 Å². The maximum Gasteiger partial charge on any atom is 0.286 e. The second-order valence-electron chi connectivity index (χ2n) is 6.24. The highest BCUT2D eigenvalue weighted by Gasteiger charge is 2.35. The van der Waals surface area contributed by atoms with Crippen molar-refractivity contribution in [3.63, 3.8) is 0 Å². The molecule has 0 aromatic heterocycles. The molecule has 1 aromatic rings. The van der Waals surface area contributed by atoms with Crippen LogP contribution in [0.5, 0.6) is 5.75 Å². The number of aliphatic hydroxyl groups is 1. The highest BCUT2D eigenvalue weighted by Crippen LogP contribution is 2.25. The van der Waals surface area contributed by atoms with Gasteiger partial charge in [0, 0.05) is 0 Å². The number of hydrogen-bond donors (Lipinski definition) is 1. The fraction of sp³-hybridized carbons (Fsp3) is 0.588. The summed E-state index contributed by atoms with van der Waals surface area (Å²) in [5.74, 6) is 0.248. The van der Waals surface area contributed by atoms with Crippen molar-refractivity contribution in [2.75, 3.05) is 0 Å². The third-order valence-electron chi connectivity index (χ3n) is 3.83. The molecule has 0 heterocycles. The number of rotatable bonds is 4. The monoisotopic (exact) mass is 291 g/mol. The van der Waals surface area contributed by atoms with E-state index in [4.69, 9.17) is 4.84 Å². The lowest BCUT2D eigenvalue weighted by atomic mass is 10.0. The average molecular weight is 291 g/mol. The van der Waals surface area contributed by atoms with Crippen LogP contribution in [0.15, 0.2) is 30.3 Å². The average Bonchev–Trinajstić information content (AvgIpc) is 2.73. The maximum atomic E-state index is 12.5. The summed E-state index contributed by atoms with van der Waals surface area (Å²) in [6.45, 7) is 3.01. The van der Waals surface area contributed by atoms with Gasteiger partial charge in [-0.25, -0.2) is 0 Å². The number of hydrogen-bond acceptors (Lipinski definition) is 3. The fourth-order valence-corrected chi connectivity index (χ4v) is 2.64. The van der Waals surface area contributed by atoms with Crippen LogP contribution in [0, 0.1) is 0 Å². The van der Waals surface area contributed by atoms with Crippen molar-refractivity contribution in [1.29, 1.82) is 0 Å². The molecule has 1 N–H and O–H groups in total. The van der Waals surface area contributed by atoms with Crippen molar-refractivity contribution in [1.82, 2.24) is 5.06 Å². The van der Waals surface area contributed by atoms with Crippen molar-refractivity contribution in [2.45, 2.75) is 64.0 Å². The first-order valence-corrected chi connectivity index (χ1v) is 7.77. The first-order chi connectivity index (χ1) is 9.98. The molecular formula is C17H25NO3. The van der Waals surface area contributed by atoms with Crippen molar-refractivity contribution in [3.8, 4) is 5.75 Å². The second kappa shape index (κ2) is 6.94. The predicted octanol–water partition coefficient (Wildman–Crippen LogP) is 3.30. The lowest BCUT2D eigenvalue weighted by Gasteiger charge is -2.33. The molecule has 1 fully saturated rings. The molecule has 1 aromatic carbocycles. The van der Waals surface area contributed by atoms with Gasteiger partial charge in [0.05, 0.1) is 6.04 Å². The zero-order valence-electron chi connectivity index (χ0n) is 12.9. The molecule has 0 bridgehead atoms. The van der Waals surface area contributed by atoms with Crippen LogP contribution >= 0.6 is 0 Å². The molecular weight excluding hydrogens is 266 g/mol. The Morgan fingerprint density at radius 1 is 1.14 bits per heavy atom. The molecule has 1 amide bonds. The van der Waals surface area contributed by atoms with Gasteiger partial charge in [0.1, 0.15) is 5.60 Å². The number of benzene rings is 1. The van der Waals surface area contributed by atoms with Crippen molar-refractivity contribution in [3.05, 3.63) is 30.3 Å². The second-order valence-corrected chi connectivity index (χ2v) is 6.24. The number of para-hydroxylation sites is 1. The molecule has 4 heteroatoms. The highest BCUT2D eigenvalue weighted by molar-refractivity contribution is 5.83. The van der Waals surface area contributed by atoms with E-state index in [-0.39, 0.29) is 11.9 Å². The van der Waals surface area contributed by atoms with Gasteiger partial charge in [0.15, 0.2) is 5.75 Å². The van der Waals surface area contributed by atoms with Gasteiger partial charge in [-0.15, -0.1) is 0 Å². The third-order valence-corrected chi connectivity index (χ3v) is 3.83. The number of carbonyl (C=O) groups is 1. The molecule has 1 aliphatic rings. The van der Waals surface area contributed by atoms with E-state index in [1.54, 1.807) is 0 Å². The number of hydroxylamine groups is 2. The predicted molar refractivity (Wildman–Crippen MR) is 81.7 cm³/mol.